The normalized spacial score (nSPS) is 25.8. The topological polar surface area (TPSA) is 33.3 Å². The summed E-state index contributed by atoms with van der Waals surface area (Å²) in [4.78, 5) is 0. The van der Waals surface area contributed by atoms with Gasteiger partial charge in [0.05, 0.1) is 12.8 Å². The molecule has 1 aliphatic heterocycles. The maximum Gasteiger partial charge on any atom is 0.0969 e. The van der Waals surface area contributed by atoms with E-state index in [4.69, 9.17) is 4.74 Å². The highest BCUT2D eigenvalue weighted by Gasteiger charge is 2.16. The van der Waals surface area contributed by atoms with Crippen molar-refractivity contribution in [2.75, 3.05) is 19.8 Å². The van der Waals surface area contributed by atoms with E-state index in [0.29, 0.717) is 12.8 Å². The zero-order chi connectivity index (χ0) is 9.03. The summed E-state index contributed by atoms with van der Waals surface area (Å²) in [7, 11) is 0. The first-order valence-corrected chi connectivity index (χ1v) is 4.65. The molecule has 0 aromatic rings. The quantitative estimate of drug-likeness (QED) is 0.643. The van der Waals surface area contributed by atoms with Crippen molar-refractivity contribution in [1.82, 2.24) is 10.6 Å². The predicted molar refractivity (Wildman–Crippen MR) is 50.1 cm³/mol. The van der Waals surface area contributed by atoms with E-state index in [9.17, 15) is 0 Å². The van der Waals surface area contributed by atoms with Crippen molar-refractivity contribution < 1.29 is 4.74 Å². The molecule has 3 heteroatoms. The van der Waals surface area contributed by atoms with Gasteiger partial charge in [-0.3, -0.25) is 5.32 Å². The van der Waals surface area contributed by atoms with Crippen LogP contribution in [0.2, 0.25) is 0 Å². The van der Waals surface area contributed by atoms with Crippen LogP contribution in [0.5, 0.6) is 0 Å². The van der Waals surface area contributed by atoms with E-state index >= 15 is 0 Å². The summed E-state index contributed by atoms with van der Waals surface area (Å²) >= 11 is 0. The minimum Gasteiger partial charge on any atom is -0.362 e. The Morgan fingerprint density at radius 2 is 2.25 bits per heavy atom. The Labute approximate surface area is 74.9 Å². The third-order valence-corrected chi connectivity index (χ3v) is 1.92. The Balaban J connectivity index is 2.13. The Kier molecular flexibility index (Phi) is 3.50. The van der Waals surface area contributed by atoms with Crippen molar-refractivity contribution in [3.8, 4) is 0 Å². The number of rotatable bonds is 2. The predicted octanol–water partition coefficient (Wildman–Crippen LogP) is 0.710. The number of nitrogens with one attached hydrogen (secondary N) is 2. The van der Waals surface area contributed by atoms with Gasteiger partial charge in [0.15, 0.2) is 0 Å². The van der Waals surface area contributed by atoms with Crippen LogP contribution in [0, 0.1) is 0 Å². The molecule has 0 aromatic carbocycles. The molecule has 1 rings (SSSR count). The van der Waals surface area contributed by atoms with E-state index in [1.807, 2.05) is 0 Å². The van der Waals surface area contributed by atoms with Crippen LogP contribution in [0.25, 0.3) is 0 Å². The van der Waals surface area contributed by atoms with E-state index < -0.39 is 0 Å². The highest BCUT2D eigenvalue weighted by atomic mass is 16.5. The van der Waals surface area contributed by atoms with Crippen LogP contribution in [0.4, 0.5) is 0 Å². The van der Waals surface area contributed by atoms with E-state index in [1.165, 1.54) is 0 Å². The third kappa shape index (κ3) is 4.04. The van der Waals surface area contributed by atoms with Crippen molar-refractivity contribution in [2.24, 2.45) is 0 Å². The molecule has 1 unspecified atom stereocenters. The van der Waals surface area contributed by atoms with Gasteiger partial charge in [0, 0.05) is 12.1 Å². The highest BCUT2D eigenvalue weighted by molar-refractivity contribution is 4.75. The third-order valence-electron chi connectivity index (χ3n) is 1.92. The lowest BCUT2D eigenvalue weighted by atomic mass is 10.1. The van der Waals surface area contributed by atoms with Gasteiger partial charge in [0.2, 0.25) is 0 Å². The van der Waals surface area contributed by atoms with Gasteiger partial charge in [-0.25, -0.2) is 0 Å². The summed E-state index contributed by atoms with van der Waals surface area (Å²) in [5.41, 5.74) is 0.203. The molecule has 0 aliphatic carbocycles. The first kappa shape index (κ1) is 9.96. The number of ether oxygens (including phenoxy) is 1. The molecule has 0 bridgehead atoms. The minimum atomic E-state index is 0.203. The van der Waals surface area contributed by atoms with Crippen molar-refractivity contribution in [2.45, 2.75) is 38.8 Å². The Morgan fingerprint density at radius 1 is 1.50 bits per heavy atom. The zero-order valence-corrected chi connectivity index (χ0v) is 8.31. The summed E-state index contributed by atoms with van der Waals surface area (Å²) in [5.74, 6) is 0. The van der Waals surface area contributed by atoms with Gasteiger partial charge in [-0.15, -0.1) is 0 Å². The van der Waals surface area contributed by atoms with Crippen molar-refractivity contribution in [1.29, 1.82) is 0 Å². The van der Waals surface area contributed by atoms with Gasteiger partial charge < -0.3 is 10.1 Å². The molecule has 1 fully saturated rings. The highest BCUT2D eigenvalue weighted by Crippen LogP contribution is 2.04. The van der Waals surface area contributed by atoms with E-state index in [1.54, 1.807) is 0 Å². The fourth-order valence-corrected chi connectivity index (χ4v) is 1.18. The van der Waals surface area contributed by atoms with Gasteiger partial charge in [0.25, 0.3) is 0 Å². The van der Waals surface area contributed by atoms with E-state index in [-0.39, 0.29) is 5.54 Å². The van der Waals surface area contributed by atoms with Crippen molar-refractivity contribution >= 4 is 0 Å². The lowest BCUT2D eigenvalue weighted by Crippen LogP contribution is -2.45. The fraction of sp³-hybridized carbons (Fsp3) is 1.00. The molecule has 2 N–H and O–H groups in total. The second-order valence-electron chi connectivity index (χ2n) is 4.35. The van der Waals surface area contributed by atoms with Crippen LogP contribution in [-0.2, 0) is 4.74 Å². The first-order valence-electron chi connectivity index (χ1n) is 4.65. The van der Waals surface area contributed by atoms with Gasteiger partial charge in [-0.05, 0) is 33.7 Å². The van der Waals surface area contributed by atoms with Crippen molar-refractivity contribution in [3.05, 3.63) is 0 Å². The minimum absolute atomic E-state index is 0.203. The molecule has 1 aliphatic rings. The molecule has 0 saturated carbocycles. The van der Waals surface area contributed by atoms with Crippen LogP contribution in [-0.4, -0.2) is 31.5 Å². The molecule has 0 spiro atoms. The molecule has 1 heterocycles. The summed E-state index contributed by atoms with van der Waals surface area (Å²) in [6.45, 7) is 9.27. The summed E-state index contributed by atoms with van der Waals surface area (Å²) < 4.78 is 5.50. The molecular formula is C9H20N2O. The van der Waals surface area contributed by atoms with Gasteiger partial charge in [0.1, 0.15) is 0 Å². The van der Waals surface area contributed by atoms with Gasteiger partial charge in [-0.2, -0.15) is 0 Å². The van der Waals surface area contributed by atoms with Crippen LogP contribution in [0.1, 0.15) is 27.2 Å². The molecule has 0 radical (unpaired) electrons. The Hall–Kier alpha value is -0.120. The molecule has 72 valence electrons. The summed E-state index contributed by atoms with van der Waals surface area (Å²) in [6.07, 6.45) is 1.51. The lowest BCUT2D eigenvalue weighted by Gasteiger charge is -2.28. The number of hydrogen-bond donors (Lipinski definition) is 2. The summed E-state index contributed by atoms with van der Waals surface area (Å²) in [5, 5.41) is 6.60. The monoisotopic (exact) mass is 172 g/mol. The molecule has 1 saturated heterocycles. The molecule has 1 atom stereocenters. The average Bonchev–Trinajstić information content (AvgIpc) is 2.02. The SMILES string of the molecule is CC(C)(C)NCC1CCNCO1. The molecule has 0 aromatic heterocycles. The number of hydrogen-bond acceptors (Lipinski definition) is 3. The summed E-state index contributed by atoms with van der Waals surface area (Å²) in [6, 6.07) is 0. The lowest BCUT2D eigenvalue weighted by molar-refractivity contribution is 0.00520. The second kappa shape index (κ2) is 4.21. The van der Waals surface area contributed by atoms with Crippen molar-refractivity contribution in [3.63, 3.8) is 0 Å². The van der Waals surface area contributed by atoms with Crippen LogP contribution < -0.4 is 10.6 Å². The van der Waals surface area contributed by atoms with Crippen LogP contribution in [0.15, 0.2) is 0 Å². The Bertz CT molecular complexity index is 125. The maximum absolute atomic E-state index is 5.50. The van der Waals surface area contributed by atoms with Gasteiger partial charge >= 0.3 is 0 Å². The zero-order valence-electron chi connectivity index (χ0n) is 8.31. The molecule has 12 heavy (non-hydrogen) atoms. The van der Waals surface area contributed by atoms with Crippen LogP contribution in [0.3, 0.4) is 0 Å². The smallest absolute Gasteiger partial charge is 0.0969 e. The standard InChI is InChI=1S/C9H20N2O/c1-9(2,3)11-6-8-4-5-10-7-12-8/h8,10-11H,4-7H2,1-3H3. The average molecular weight is 172 g/mol. The first-order chi connectivity index (χ1) is 5.58. The van der Waals surface area contributed by atoms with E-state index in [2.05, 4.69) is 31.4 Å². The molecule has 3 nitrogen and oxygen atoms in total. The molecule has 0 amide bonds. The molecular weight excluding hydrogens is 152 g/mol. The maximum atomic E-state index is 5.50. The fourth-order valence-electron chi connectivity index (χ4n) is 1.18. The van der Waals surface area contributed by atoms with Gasteiger partial charge in [-0.1, -0.05) is 0 Å². The Morgan fingerprint density at radius 3 is 2.75 bits per heavy atom. The largest absolute Gasteiger partial charge is 0.362 e. The van der Waals surface area contributed by atoms with E-state index in [0.717, 1.165) is 19.5 Å². The second-order valence-corrected chi connectivity index (χ2v) is 4.35. The van der Waals surface area contributed by atoms with Crippen LogP contribution >= 0.6 is 0 Å².